The zero-order valence-corrected chi connectivity index (χ0v) is 10.5. The van der Waals surface area contributed by atoms with Gasteiger partial charge >= 0.3 is 0 Å². The lowest BCUT2D eigenvalue weighted by molar-refractivity contribution is -0.116. The van der Waals surface area contributed by atoms with Gasteiger partial charge in [0, 0.05) is 11.6 Å². The SMILES string of the molecule is CCCC(C=O)N(C(C)C)C(C)(C)C. The average molecular weight is 199 g/mol. The maximum atomic E-state index is 11.0. The van der Waals surface area contributed by atoms with Gasteiger partial charge in [0.05, 0.1) is 6.04 Å². The molecule has 0 aliphatic carbocycles. The molecule has 0 fully saturated rings. The molecular weight excluding hydrogens is 174 g/mol. The molecule has 0 rings (SSSR count). The van der Waals surface area contributed by atoms with Crippen molar-refractivity contribution in [3.63, 3.8) is 0 Å². The molecule has 2 nitrogen and oxygen atoms in total. The number of aldehydes is 1. The largest absolute Gasteiger partial charge is 0.302 e. The fourth-order valence-electron chi connectivity index (χ4n) is 2.22. The van der Waals surface area contributed by atoms with E-state index < -0.39 is 0 Å². The number of rotatable bonds is 5. The van der Waals surface area contributed by atoms with Crippen molar-refractivity contribution in [1.82, 2.24) is 4.90 Å². The number of hydrogen-bond donors (Lipinski definition) is 0. The lowest BCUT2D eigenvalue weighted by Gasteiger charge is -2.42. The summed E-state index contributed by atoms with van der Waals surface area (Å²) in [7, 11) is 0. The fraction of sp³-hybridized carbons (Fsp3) is 0.917. The lowest BCUT2D eigenvalue weighted by atomic mass is 9.98. The third-order valence-corrected chi connectivity index (χ3v) is 2.43. The second-order valence-corrected chi connectivity index (χ2v) is 5.16. The van der Waals surface area contributed by atoms with Crippen molar-refractivity contribution in [1.29, 1.82) is 0 Å². The molecule has 0 radical (unpaired) electrons. The second kappa shape index (κ2) is 5.50. The molecule has 0 saturated heterocycles. The number of carbonyl (C=O) groups excluding carboxylic acids is 1. The topological polar surface area (TPSA) is 20.3 Å². The van der Waals surface area contributed by atoms with Crippen molar-refractivity contribution in [2.45, 2.75) is 72.0 Å². The molecule has 0 bridgehead atoms. The third kappa shape index (κ3) is 3.79. The van der Waals surface area contributed by atoms with Crippen LogP contribution >= 0.6 is 0 Å². The van der Waals surface area contributed by atoms with Crippen LogP contribution in [0.1, 0.15) is 54.4 Å². The molecular formula is C12H25NO. The summed E-state index contributed by atoms with van der Waals surface area (Å²) in [4.78, 5) is 13.3. The summed E-state index contributed by atoms with van der Waals surface area (Å²) in [6.45, 7) is 12.9. The zero-order chi connectivity index (χ0) is 11.4. The molecule has 0 saturated carbocycles. The molecule has 0 aromatic rings. The first-order valence-electron chi connectivity index (χ1n) is 5.58. The molecule has 0 aromatic heterocycles. The van der Waals surface area contributed by atoms with Gasteiger partial charge in [-0.1, -0.05) is 13.3 Å². The zero-order valence-electron chi connectivity index (χ0n) is 10.5. The van der Waals surface area contributed by atoms with Crippen LogP contribution in [-0.4, -0.2) is 28.8 Å². The lowest BCUT2D eigenvalue weighted by Crippen LogP contribution is -2.52. The van der Waals surface area contributed by atoms with E-state index >= 15 is 0 Å². The maximum absolute atomic E-state index is 11.0. The Morgan fingerprint density at radius 2 is 1.79 bits per heavy atom. The first-order valence-corrected chi connectivity index (χ1v) is 5.58. The van der Waals surface area contributed by atoms with Crippen molar-refractivity contribution >= 4 is 6.29 Å². The van der Waals surface area contributed by atoms with Crippen LogP contribution in [0.15, 0.2) is 0 Å². The predicted molar refractivity (Wildman–Crippen MR) is 61.5 cm³/mol. The van der Waals surface area contributed by atoms with Crippen molar-refractivity contribution < 1.29 is 4.79 Å². The van der Waals surface area contributed by atoms with Crippen LogP contribution in [-0.2, 0) is 4.79 Å². The summed E-state index contributed by atoms with van der Waals surface area (Å²) in [5, 5.41) is 0. The minimum absolute atomic E-state index is 0.0644. The van der Waals surface area contributed by atoms with E-state index in [4.69, 9.17) is 0 Å². The molecule has 0 N–H and O–H groups in total. The minimum atomic E-state index is 0.0644. The van der Waals surface area contributed by atoms with Crippen LogP contribution in [0.25, 0.3) is 0 Å². The Kier molecular flexibility index (Phi) is 5.35. The average Bonchev–Trinajstić information content (AvgIpc) is 2.00. The van der Waals surface area contributed by atoms with Gasteiger partial charge in [0.1, 0.15) is 6.29 Å². The van der Waals surface area contributed by atoms with Crippen molar-refractivity contribution in [2.24, 2.45) is 0 Å². The van der Waals surface area contributed by atoms with Gasteiger partial charge in [0.2, 0.25) is 0 Å². The summed E-state index contributed by atoms with van der Waals surface area (Å²) in [6.07, 6.45) is 3.11. The van der Waals surface area contributed by atoms with E-state index in [1.54, 1.807) is 0 Å². The van der Waals surface area contributed by atoms with Gasteiger partial charge < -0.3 is 4.79 Å². The van der Waals surface area contributed by atoms with E-state index in [1.807, 2.05) is 0 Å². The van der Waals surface area contributed by atoms with Crippen molar-refractivity contribution in [3.05, 3.63) is 0 Å². The number of carbonyl (C=O) groups is 1. The van der Waals surface area contributed by atoms with Gasteiger partial charge in [-0.15, -0.1) is 0 Å². The first kappa shape index (κ1) is 13.6. The molecule has 0 aliphatic heterocycles. The highest BCUT2D eigenvalue weighted by molar-refractivity contribution is 5.57. The van der Waals surface area contributed by atoms with Crippen molar-refractivity contribution in [3.8, 4) is 0 Å². The quantitative estimate of drug-likeness (QED) is 0.635. The Morgan fingerprint density at radius 1 is 1.29 bits per heavy atom. The normalized spacial score (nSPS) is 14.9. The summed E-state index contributed by atoms with van der Waals surface area (Å²) >= 11 is 0. The van der Waals surface area contributed by atoms with Gasteiger partial charge in [-0.3, -0.25) is 4.90 Å². The first-order chi connectivity index (χ1) is 6.34. The van der Waals surface area contributed by atoms with E-state index in [1.165, 1.54) is 0 Å². The number of nitrogens with zero attached hydrogens (tertiary/aromatic N) is 1. The minimum Gasteiger partial charge on any atom is -0.302 e. The molecule has 0 heterocycles. The molecule has 0 aliphatic rings. The highest BCUT2D eigenvalue weighted by Gasteiger charge is 2.30. The van der Waals surface area contributed by atoms with Crippen LogP contribution < -0.4 is 0 Å². The highest BCUT2D eigenvalue weighted by Crippen LogP contribution is 2.21. The summed E-state index contributed by atoms with van der Waals surface area (Å²) in [5.74, 6) is 0. The van der Waals surface area contributed by atoms with Crippen LogP contribution in [0.3, 0.4) is 0 Å². The maximum Gasteiger partial charge on any atom is 0.137 e. The molecule has 84 valence electrons. The Morgan fingerprint density at radius 3 is 2.00 bits per heavy atom. The van der Waals surface area contributed by atoms with Crippen LogP contribution in [0, 0.1) is 0 Å². The Bertz CT molecular complexity index is 170. The molecule has 2 heteroatoms. The van der Waals surface area contributed by atoms with E-state index in [0.717, 1.165) is 19.1 Å². The molecule has 0 aromatic carbocycles. The van der Waals surface area contributed by atoms with Crippen LogP contribution in [0.5, 0.6) is 0 Å². The van der Waals surface area contributed by atoms with Gasteiger partial charge in [0.25, 0.3) is 0 Å². The van der Waals surface area contributed by atoms with Gasteiger partial charge in [0.15, 0.2) is 0 Å². The van der Waals surface area contributed by atoms with Gasteiger partial charge in [-0.2, -0.15) is 0 Å². The molecule has 0 amide bonds. The molecule has 14 heavy (non-hydrogen) atoms. The van der Waals surface area contributed by atoms with Gasteiger partial charge in [-0.25, -0.2) is 0 Å². The Hall–Kier alpha value is -0.370. The summed E-state index contributed by atoms with van der Waals surface area (Å²) in [5.41, 5.74) is 0.0644. The van der Waals surface area contributed by atoms with Crippen LogP contribution in [0.2, 0.25) is 0 Å². The van der Waals surface area contributed by atoms with E-state index in [2.05, 4.69) is 46.4 Å². The fourth-order valence-corrected chi connectivity index (χ4v) is 2.22. The smallest absolute Gasteiger partial charge is 0.137 e. The predicted octanol–water partition coefficient (Wildman–Crippen LogP) is 2.86. The van der Waals surface area contributed by atoms with Crippen molar-refractivity contribution in [2.75, 3.05) is 0 Å². The molecule has 1 unspecified atom stereocenters. The van der Waals surface area contributed by atoms with E-state index in [9.17, 15) is 4.79 Å². The van der Waals surface area contributed by atoms with E-state index in [-0.39, 0.29) is 11.6 Å². The monoisotopic (exact) mass is 199 g/mol. The standard InChI is InChI=1S/C12H25NO/c1-7-8-11(9-14)13(10(2)3)12(4,5)6/h9-11H,7-8H2,1-6H3. The summed E-state index contributed by atoms with van der Waals surface area (Å²) in [6, 6.07) is 0.483. The third-order valence-electron chi connectivity index (χ3n) is 2.43. The molecule has 1 atom stereocenters. The Labute approximate surface area is 88.7 Å². The van der Waals surface area contributed by atoms with E-state index in [0.29, 0.717) is 6.04 Å². The highest BCUT2D eigenvalue weighted by atomic mass is 16.1. The van der Waals surface area contributed by atoms with Crippen LogP contribution in [0.4, 0.5) is 0 Å². The van der Waals surface area contributed by atoms with Gasteiger partial charge in [-0.05, 0) is 41.0 Å². The second-order valence-electron chi connectivity index (χ2n) is 5.16. The summed E-state index contributed by atoms with van der Waals surface area (Å²) < 4.78 is 0. The molecule has 0 spiro atoms. The number of hydrogen-bond acceptors (Lipinski definition) is 2. The Balaban J connectivity index is 4.70.